The van der Waals surface area contributed by atoms with E-state index in [0.717, 1.165) is 12.6 Å². The summed E-state index contributed by atoms with van der Waals surface area (Å²) in [5, 5.41) is 2.57. The Bertz CT molecular complexity index is 1510. The lowest BCUT2D eigenvalue weighted by Gasteiger charge is -2.32. The van der Waals surface area contributed by atoms with E-state index in [4.69, 9.17) is 4.74 Å². The predicted molar refractivity (Wildman–Crippen MR) is 154 cm³/mol. The summed E-state index contributed by atoms with van der Waals surface area (Å²) in [7, 11) is 1.99. The number of anilines is 3. The van der Waals surface area contributed by atoms with Crippen LogP contribution in [0.4, 0.5) is 34.9 Å². The number of benzene rings is 1. The van der Waals surface area contributed by atoms with Gasteiger partial charge in [-0.2, -0.15) is 13.2 Å². The van der Waals surface area contributed by atoms with Crippen LogP contribution >= 0.6 is 0 Å². The number of H-pyrrole nitrogens is 1. The minimum Gasteiger partial charge on any atom is -0.378 e. The van der Waals surface area contributed by atoms with Crippen molar-refractivity contribution in [2.24, 2.45) is 0 Å². The van der Waals surface area contributed by atoms with E-state index in [1.807, 2.05) is 23.8 Å². The molecule has 2 atom stereocenters. The Morgan fingerprint density at radius 1 is 1.19 bits per heavy atom. The van der Waals surface area contributed by atoms with Crippen molar-refractivity contribution in [3.8, 4) is 11.1 Å². The molecule has 14 heteroatoms. The number of rotatable bonds is 7. The molecule has 10 nitrogen and oxygen atoms in total. The van der Waals surface area contributed by atoms with Crippen LogP contribution in [0.15, 0.2) is 41.6 Å². The van der Waals surface area contributed by atoms with Gasteiger partial charge in [-0.05, 0) is 39.4 Å². The van der Waals surface area contributed by atoms with Crippen LogP contribution in [-0.2, 0) is 10.9 Å². The molecule has 1 amide bonds. The quantitative estimate of drug-likeness (QED) is 0.391. The average Bonchev–Trinajstić information content (AvgIpc) is 3.31. The van der Waals surface area contributed by atoms with Gasteiger partial charge >= 0.3 is 6.18 Å². The lowest BCUT2D eigenvalue weighted by Crippen LogP contribution is -2.37. The Balaban J connectivity index is 1.56. The first-order chi connectivity index (χ1) is 20.5. The molecular weight excluding hydrogens is 570 g/mol. The maximum atomic E-state index is 15.8. The zero-order chi connectivity index (χ0) is 30.9. The molecule has 0 spiro atoms. The van der Waals surface area contributed by atoms with Crippen molar-refractivity contribution in [2.75, 3.05) is 61.6 Å². The van der Waals surface area contributed by atoms with Crippen LogP contribution in [0.5, 0.6) is 0 Å². The summed E-state index contributed by atoms with van der Waals surface area (Å²) in [5.41, 5.74) is -2.30. The first-order valence-corrected chi connectivity index (χ1v) is 14.0. The van der Waals surface area contributed by atoms with Gasteiger partial charge in [0.1, 0.15) is 5.82 Å². The number of morpholine rings is 1. The van der Waals surface area contributed by atoms with E-state index in [1.165, 1.54) is 24.5 Å². The number of halogens is 4. The van der Waals surface area contributed by atoms with Crippen LogP contribution in [0.25, 0.3) is 11.1 Å². The number of carbonyl (C=O) groups is 1. The van der Waals surface area contributed by atoms with E-state index in [0.29, 0.717) is 62.7 Å². The van der Waals surface area contributed by atoms with Crippen LogP contribution in [0.3, 0.4) is 0 Å². The Morgan fingerprint density at radius 2 is 1.88 bits per heavy atom. The summed E-state index contributed by atoms with van der Waals surface area (Å²) >= 11 is 0. The van der Waals surface area contributed by atoms with E-state index in [9.17, 15) is 22.8 Å². The van der Waals surface area contributed by atoms with Crippen molar-refractivity contribution in [1.29, 1.82) is 0 Å². The number of pyridine rings is 1. The van der Waals surface area contributed by atoms with E-state index in [2.05, 4.69) is 32.1 Å². The molecule has 5 rings (SSSR count). The third kappa shape index (κ3) is 6.49. The fourth-order valence-corrected chi connectivity index (χ4v) is 5.60. The SMILES string of the molecule is CCN(c1cc(F)c(-c2cnc(N3CCOCC3)nc2)cc1NC(=O)c1c[nH]c(=O)cc1C(F)(F)F)[C@@H]1C[C@H](C)N(C)C1. The van der Waals surface area contributed by atoms with Gasteiger partial charge in [0.25, 0.3) is 5.91 Å². The maximum Gasteiger partial charge on any atom is 0.417 e. The van der Waals surface area contributed by atoms with Crippen LogP contribution < -0.4 is 20.7 Å². The number of carbonyl (C=O) groups excluding carboxylic acids is 1. The molecule has 0 saturated carbocycles. The number of alkyl halides is 3. The zero-order valence-electron chi connectivity index (χ0n) is 24.0. The second-order valence-corrected chi connectivity index (χ2v) is 10.8. The molecule has 0 bridgehead atoms. The Morgan fingerprint density at radius 3 is 2.49 bits per heavy atom. The molecular formula is C29H33F4N7O3. The molecule has 2 aliphatic rings. The Kier molecular flexibility index (Phi) is 8.69. The highest BCUT2D eigenvalue weighted by atomic mass is 19.4. The van der Waals surface area contributed by atoms with Crippen molar-refractivity contribution in [3.05, 3.63) is 64.1 Å². The summed E-state index contributed by atoms with van der Waals surface area (Å²) in [6.45, 7) is 7.42. The summed E-state index contributed by atoms with van der Waals surface area (Å²) in [5.74, 6) is -1.24. The number of nitrogens with one attached hydrogen (secondary N) is 2. The predicted octanol–water partition coefficient (Wildman–Crippen LogP) is 4.00. The summed E-state index contributed by atoms with van der Waals surface area (Å²) in [6, 6.07) is 3.25. The lowest BCUT2D eigenvalue weighted by molar-refractivity contribution is -0.138. The van der Waals surface area contributed by atoms with Gasteiger partial charge in [-0.3, -0.25) is 9.59 Å². The Hall–Kier alpha value is -4.04. The molecule has 2 aromatic heterocycles. The van der Waals surface area contributed by atoms with Crippen molar-refractivity contribution in [2.45, 2.75) is 38.5 Å². The first kappa shape index (κ1) is 30.4. The number of likely N-dealkylation sites (N-methyl/N-ethyl adjacent to an activating group) is 2. The first-order valence-electron chi connectivity index (χ1n) is 14.0. The van der Waals surface area contributed by atoms with Crippen molar-refractivity contribution in [3.63, 3.8) is 0 Å². The topological polar surface area (TPSA) is 107 Å². The number of likely N-dealkylation sites (tertiary alicyclic amines) is 1. The molecule has 3 aromatic rings. The van der Waals surface area contributed by atoms with Crippen molar-refractivity contribution >= 4 is 23.2 Å². The number of nitrogens with zero attached hydrogens (tertiary/aromatic N) is 5. The standard InChI is InChI=1S/C29H33F4N7O3/c1-4-40(19-9-17(2)38(3)16-19)25-12-23(30)20(18-13-35-28(36-14-18)39-5-7-43-8-6-39)10-24(25)37-27(42)21-15-34-26(41)11-22(21)29(31,32)33/h10-15,17,19H,4-9,16H2,1-3H3,(H,34,41)(H,37,42)/t17-,19+/m0/s1. The van der Waals surface area contributed by atoms with Gasteiger partial charge < -0.3 is 29.7 Å². The second-order valence-electron chi connectivity index (χ2n) is 10.8. The highest BCUT2D eigenvalue weighted by Gasteiger charge is 2.37. The van der Waals surface area contributed by atoms with Crippen LogP contribution in [0.1, 0.15) is 36.2 Å². The van der Waals surface area contributed by atoms with Gasteiger partial charge in [-0.1, -0.05) is 0 Å². The number of hydrogen-bond acceptors (Lipinski definition) is 8. The normalized spacial score (nSPS) is 19.5. The van der Waals surface area contributed by atoms with E-state index >= 15 is 4.39 Å². The molecule has 0 radical (unpaired) electrons. The van der Waals surface area contributed by atoms with Crippen LogP contribution in [-0.4, -0.2) is 84.3 Å². The van der Waals surface area contributed by atoms with Gasteiger partial charge in [-0.25, -0.2) is 14.4 Å². The monoisotopic (exact) mass is 603 g/mol. The van der Waals surface area contributed by atoms with Gasteiger partial charge in [0, 0.05) is 74.0 Å². The average molecular weight is 604 g/mol. The summed E-state index contributed by atoms with van der Waals surface area (Å²) < 4.78 is 62.4. The molecule has 230 valence electrons. The molecule has 4 heterocycles. The fraction of sp³-hybridized carbons (Fsp3) is 0.448. The molecule has 2 N–H and O–H groups in total. The lowest BCUT2D eigenvalue weighted by atomic mass is 10.0. The number of aromatic nitrogens is 3. The smallest absolute Gasteiger partial charge is 0.378 e. The minimum absolute atomic E-state index is 0.0270. The minimum atomic E-state index is -4.95. The van der Waals surface area contributed by atoms with Crippen LogP contribution in [0.2, 0.25) is 0 Å². The van der Waals surface area contributed by atoms with Crippen molar-refractivity contribution in [1.82, 2.24) is 19.9 Å². The molecule has 0 aliphatic carbocycles. The largest absolute Gasteiger partial charge is 0.417 e. The fourth-order valence-electron chi connectivity index (χ4n) is 5.60. The van der Waals surface area contributed by atoms with Crippen molar-refractivity contribution < 1.29 is 27.1 Å². The summed E-state index contributed by atoms with van der Waals surface area (Å²) in [6.07, 6.45) is -0.506. The number of amides is 1. The molecule has 1 aromatic carbocycles. The van der Waals surface area contributed by atoms with E-state index in [1.54, 1.807) is 0 Å². The maximum absolute atomic E-state index is 15.8. The number of aromatic amines is 1. The highest BCUT2D eigenvalue weighted by molar-refractivity contribution is 6.07. The van der Waals surface area contributed by atoms with Gasteiger partial charge in [-0.15, -0.1) is 0 Å². The number of ether oxygens (including phenoxy) is 1. The van der Waals surface area contributed by atoms with Gasteiger partial charge in [0.05, 0.1) is 35.7 Å². The third-order valence-electron chi connectivity index (χ3n) is 8.01. The molecule has 2 fully saturated rings. The summed E-state index contributed by atoms with van der Waals surface area (Å²) in [4.78, 5) is 42.0. The van der Waals surface area contributed by atoms with E-state index in [-0.39, 0.29) is 23.3 Å². The molecule has 2 aliphatic heterocycles. The third-order valence-corrected chi connectivity index (χ3v) is 8.01. The van der Waals surface area contributed by atoms with Gasteiger partial charge in [0.2, 0.25) is 11.5 Å². The molecule has 2 saturated heterocycles. The second kappa shape index (κ2) is 12.3. The Labute approximate surface area is 245 Å². The van der Waals surface area contributed by atoms with E-state index < -0.39 is 34.6 Å². The van der Waals surface area contributed by atoms with Crippen LogP contribution in [0, 0.1) is 5.82 Å². The van der Waals surface area contributed by atoms with Gasteiger partial charge in [0.15, 0.2) is 0 Å². The molecule has 0 unspecified atom stereocenters. The molecule has 43 heavy (non-hydrogen) atoms. The highest BCUT2D eigenvalue weighted by Crippen LogP contribution is 2.38. The zero-order valence-corrected chi connectivity index (χ0v) is 24.0. The number of hydrogen-bond donors (Lipinski definition) is 2.